The number of hydrogen-bond donors (Lipinski definition) is 3. The van der Waals surface area contributed by atoms with Crippen molar-refractivity contribution in [3.63, 3.8) is 0 Å². The monoisotopic (exact) mass is 504 g/mol. The number of likely N-dealkylation sites (tertiary alicyclic amines) is 1. The number of thiophene rings is 1. The van der Waals surface area contributed by atoms with Crippen molar-refractivity contribution in [2.24, 2.45) is 7.05 Å². The third-order valence-corrected chi connectivity index (χ3v) is 7.70. The maximum absolute atomic E-state index is 15.6. The lowest BCUT2D eigenvalue weighted by Crippen LogP contribution is -2.33. The highest BCUT2D eigenvalue weighted by atomic mass is 32.1. The van der Waals surface area contributed by atoms with Gasteiger partial charge in [0.1, 0.15) is 17.8 Å². The third-order valence-electron chi connectivity index (χ3n) is 6.21. The van der Waals surface area contributed by atoms with Crippen molar-refractivity contribution in [3.05, 3.63) is 39.0 Å². The van der Waals surface area contributed by atoms with Crippen molar-refractivity contribution < 1.29 is 23.8 Å². The van der Waals surface area contributed by atoms with E-state index in [0.717, 1.165) is 11.3 Å². The number of nitrogens with one attached hydrogen (secondary N) is 2. The zero-order valence-corrected chi connectivity index (χ0v) is 21.1. The number of fused-ring (bicyclic) bond motifs is 1. The molecule has 1 fully saturated rings. The van der Waals surface area contributed by atoms with E-state index in [1.807, 2.05) is 0 Å². The van der Waals surface area contributed by atoms with Crippen LogP contribution in [-0.4, -0.2) is 57.6 Å². The van der Waals surface area contributed by atoms with Gasteiger partial charge in [-0.15, -0.1) is 11.3 Å². The summed E-state index contributed by atoms with van der Waals surface area (Å²) in [5.41, 5.74) is -0.918. The minimum absolute atomic E-state index is 0.00627. The van der Waals surface area contributed by atoms with E-state index in [4.69, 9.17) is 4.74 Å². The molecule has 3 N–H and O–H groups in total. The molecule has 11 heteroatoms. The SMILES string of the molecule is CCNC(=O)c1cc2c(-c3sc(C(C)(C)O)c(F)c3OCC3CCC(=O)N3C)cn(C)c(=O)c2[nH]1. The molecule has 1 saturated heterocycles. The molecule has 188 valence electrons. The molecule has 4 heterocycles. The molecular formula is C24H29FN4O5S. The van der Waals surface area contributed by atoms with Crippen LogP contribution in [0.4, 0.5) is 4.39 Å². The summed E-state index contributed by atoms with van der Waals surface area (Å²) < 4.78 is 23.0. The number of likely N-dealkylation sites (N-methyl/N-ethyl adjacent to an activating group) is 1. The second-order valence-electron chi connectivity index (χ2n) is 9.26. The summed E-state index contributed by atoms with van der Waals surface area (Å²) in [5, 5.41) is 13.7. The fourth-order valence-corrected chi connectivity index (χ4v) is 5.38. The number of amides is 2. The normalized spacial score (nSPS) is 16.4. The van der Waals surface area contributed by atoms with E-state index in [1.54, 1.807) is 38.2 Å². The number of pyridine rings is 1. The Labute approximate surface area is 205 Å². The number of carbonyl (C=O) groups excluding carboxylic acids is 2. The molecule has 0 spiro atoms. The van der Waals surface area contributed by atoms with E-state index >= 15 is 4.39 Å². The number of aromatic amines is 1. The number of carbonyl (C=O) groups is 2. The molecule has 0 aliphatic carbocycles. The number of aliphatic hydroxyl groups is 1. The van der Waals surface area contributed by atoms with Crippen LogP contribution in [0.2, 0.25) is 0 Å². The fourth-order valence-electron chi connectivity index (χ4n) is 4.23. The van der Waals surface area contributed by atoms with Gasteiger partial charge >= 0.3 is 0 Å². The standard InChI is InChI=1S/C24H29FN4O5S/c1-6-26-22(31)15-9-13-14(10-28(4)23(32)18(13)27-15)20-19(17(25)21(35-20)24(2,3)33)34-11-12-7-8-16(30)29(12)5/h9-10,12,27,33H,6-8,11H2,1-5H3,(H,26,31). The van der Waals surface area contributed by atoms with Crippen molar-refractivity contribution in [2.45, 2.75) is 45.3 Å². The van der Waals surface area contributed by atoms with Gasteiger partial charge in [0.15, 0.2) is 11.6 Å². The molecule has 4 rings (SSSR count). The number of aromatic nitrogens is 2. The van der Waals surface area contributed by atoms with Crippen LogP contribution in [-0.2, 0) is 17.4 Å². The van der Waals surface area contributed by atoms with Crippen LogP contribution in [0, 0.1) is 5.82 Å². The third kappa shape index (κ3) is 4.45. The molecule has 1 unspecified atom stereocenters. The van der Waals surface area contributed by atoms with Crippen LogP contribution in [0.3, 0.4) is 0 Å². The van der Waals surface area contributed by atoms with E-state index in [1.165, 1.54) is 18.4 Å². The summed E-state index contributed by atoms with van der Waals surface area (Å²) in [6.45, 7) is 5.26. The van der Waals surface area contributed by atoms with Gasteiger partial charge in [-0.25, -0.2) is 4.39 Å². The molecule has 35 heavy (non-hydrogen) atoms. The topological polar surface area (TPSA) is 117 Å². The number of rotatable bonds is 7. The number of halogens is 1. The number of hydrogen-bond acceptors (Lipinski definition) is 6. The molecular weight excluding hydrogens is 475 g/mol. The van der Waals surface area contributed by atoms with Crippen molar-refractivity contribution in [3.8, 4) is 16.2 Å². The molecule has 2 amide bonds. The van der Waals surface area contributed by atoms with Gasteiger partial charge in [0, 0.05) is 44.2 Å². The lowest BCUT2D eigenvalue weighted by molar-refractivity contribution is -0.127. The molecule has 1 aliphatic heterocycles. The lowest BCUT2D eigenvalue weighted by atomic mass is 10.1. The predicted octanol–water partition coefficient (Wildman–Crippen LogP) is 2.71. The van der Waals surface area contributed by atoms with E-state index in [0.29, 0.717) is 35.2 Å². The summed E-state index contributed by atoms with van der Waals surface area (Å²) in [7, 11) is 3.26. The van der Waals surface area contributed by atoms with Crippen molar-refractivity contribution in [2.75, 3.05) is 20.2 Å². The number of nitrogens with zero attached hydrogens (tertiary/aromatic N) is 2. The second-order valence-corrected chi connectivity index (χ2v) is 10.3. The Morgan fingerprint density at radius 1 is 1.37 bits per heavy atom. The van der Waals surface area contributed by atoms with Crippen LogP contribution in [0.1, 0.15) is 49.0 Å². The Kier molecular flexibility index (Phi) is 6.50. The van der Waals surface area contributed by atoms with Gasteiger partial charge < -0.3 is 29.6 Å². The summed E-state index contributed by atoms with van der Waals surface area (Å²) >= 11 is 1.03. The zero-order chi connectivity index (χ0) is 25.7. The Morgan fingerprint density at radius 2 is 2.09 bits per heavy atom. The van der Waals surface area contributed by atoms with E-state index < -0.39 is 11.4 Å². The highest BCUT2D eigenvalue weighted by Crippen LogP contribution is 2.47. The van der Waals surface area contributed by atoms with Gasteiger partial charge in [0.25, 0.3) is 11.5 Å². The smallest absolute Gasteiger partial charge is 0.274 e. The molecule has 0 radical (unpaired) electrons. The highest BCUT2D eigenvalue weighted by molar-refractivity contribution is 7.16. The molecule has 1 aliphatic rings. The molecule has 9 nitrogen and oxygen atoms in total. The van der Waals surface area contributed by atoms with E-state index in [2.05, 4.69) is 10.3 Å². The average molecular weight is 505 g/mol. The highest BCUT2D eigenvalue weighted by Gasteiger charge is 2.33. The molecule has 0 saturated carbocycles. The molecule has 0 aromatic carbocycles. The first-order chi connectivity index (χ1) is 16.4. The zero-order valence-electron chi connectivity index (χ0n) is 20.3. The Bertz CT molecular complexity index is 1370. The first-order valence-corrected chi connectivity index (χ1v) is 12.2. The Balaban J connectivity index is 1.87. The molecule has 3 aromatic heterocycles. The number of aryl methyl sites for hydroxylation is 1. The summed E-state index contributed by atoms with van der Waals surface area (Å²) in [6, 6.07) is 1.36. The van der Waals surface area contributed by atoms with Crippen molar-refractivity contribution in [1.82, 2.24) is 19.8 Å². The Hall–Kier alpha value is -3.18. The summed E-state index contributed by atoms with van der Waals surface area (Å²) in [4.78, 5) is 42.1. The van der Waals surface area contributed by atoms with Crippen LogP contribution >= 0.6 is 11.3 Å². The number of H-pyrrole nitrogens is 1. The van der Waals surface area contributed by atoms with Crippen LogP contribution in [0.5, 0.6) is 5.75 Å². The van der Waals surface area contributed by atoms with Crippen molar-refractivity contribution in [1.29, 1.82) is 0 Å². The van der Waals surface area contributed by atoms with Crippen LogP contribution < -0.4 is 15.6 Å². The van der Waals surface area contributed by atoms with Crippen LogP contribution in [0.25, 0.3) is 21.3 Å². The van der Waals surface area contributed by atoms with E-state index in [-0.39, 0.29) is 51.9 Å². The maximum atomic E-state index is 15.6. The molecule has 1 atom stereocenters. The minimum atomic E-state index is -1.48. The van der Waals surface area contributed by atoms with Gasteiger partial charge in [-0.1, -0.05) is 0 Å². The fraction of sp³-hybridized carbons (Fsp3) is 0.458. The predicted molar refractivity (Wildman–Crippen MR) is 131 cm³/mol. The first kappa shape index (κ1) is 24.9. The van der Waals surface area contributed by atoms with E-state index in [9.17, 15) is 19.5 Å². The van der Waals surface area contributed by atoms with Crippen LogP contribution in [0.15, 0.2) is 17.1 Å². The van der Waals surface area contributed by atoms with Gasteiger partial charge in [-0.05, 0) is 33.3 Å². The summed E-state index contributed by atoms with van der Waals surface area (Å²) in [6.07, 6.45) is 2.58. The first-order valence-electron chi connectivity index (χ1n) is 11.4. The van der Waals surface area contributed by atoms with Gasteiger partial charge in [0.2, 0.25) is 5.91 Å². The average Bonchev–Trinajstić information content (AvgIpc) is 3.46. The maximum Gasteiger partial charge on any atom is 0.274 e. The summed E-state index contributed by atoms with van der Waals surface area (Å²) in [5.74, 6) is -1.10. The lowest BCUT2D eigenvalue weighted by Gasteiger charge is -2.20. The van der Waals surface area contributed by atoms with Crippen molar-refractivity contribution >= 4 is 34.1 Å². The quantitative estimate of drug-likeness (QED) is 0.458. The molecule has 3 aromatic rings. The minimum Gasteiger partial charge on any atom is -0.487 e. The Morgan fingerprint density at radius 3 is 2.69 bits per heavy atom. The number of ether oxygens (including phenoxy) is 1. The van der Waals surface area contributed by atoms with Gasteiger partial charge in [-0.3, -0.25) is 14.4 Å². The van der Waals surface area contributed by atoms with Gasteiger partial charge in [0.05, 0.1) is 21.4 Å². The second kappa shape index (κ2) is 9.12. The molecule has 0 bridgehead atoms. The largest absolute Gasteiger partial charge is 0.487 e. The van der Waals surface area contributed by atoms with Gasteiger partial charge in [-0.2, -0.15) is 0 Å².